The van der Waals surface area contributed by atoms with Gasteiger partial charge in [-0.25, -0.2) is 4.39 Å². The molecule has 0 bridgehead atoms. The molecular formula is C10H11FN2O2. The molecule has 1 aliphatic heterocycles. The fourth-order valence-electron chi connectivity index (χ4n) is 1.78. The molecule has 0 unspecified atom stereocenters. The van der Waals surface area contributed by atoms with E-state index in [1.54, 1.807) is 7.05 Å². The van der Waals surface area contributed by atoms with Gasteiger partial charge in [0.1, 0.15) is 5.82 Å². The van der Waals surface area contributed by atoms with Gasteiger partial charge in [0.25, 0.3) is 5.91 Å². The highest BCUT2D eigenvalue weighted by Gasteiger charge is 2.26. The molecule has 0 aromatic heterocycles. The lowest BCUT2D eigenvalue weighted by Gasteiger charge is -2.26. The van der Waals surface area contributed by atoms with Crippen molar-refractivity contribution < 1.29 is 14.4 Å². The van der Waals surface area contributed by atoms with Crippen molar-refractivity contribution >= 4 is 11.6 Å². The van der Waals surface area contributed by atoms with E-state index in [0.29, 0.717) is 18.5 Å². The third-order valence-corrected chi connectivity index (χ3v) is 2.63. The first-order chi connectivity index (χ1) is 7.15. The Hall–Kier alpha value is -1.62. The number of rotatable bonds is 1. The number of hydrogen-bond donors (Lipinski definition) is 2. The molecule has 1 heterocycles. The van der Waals surface area contributed by atoms with E-state index in [1.807, 2.05) is 5.48 Å². The molecule has 2 N–H and O–H groups in total. The lowest BCUT2D eigenvalue weighted by molar-refractivity contribution is 0.0779. The molecule has 1 aromatic rings. The zero-order chi connectivity index (χ0) is 11.0. The van der Waals surface area contributed by atoms with Gasteiger partial charge in [-0.3, -0.25) is 15.5 Å². The van der Waals surface area contributed by atoms with Gasteiger partial charge in [-0.15, -0.1) is 0 Å². The molecule has 15 heavy (non-hydrogen) atoms. The number of nitrogens with one attached hydrogen (secondary N) is 1. The molecule has 1 amide bonds. The first-order valence-corrected chi connectivity index (χ1v) is 4.62. The van der Waals surface area contributed by atoms with Crippen molar-refractivity contribution in [2.75, 3.05) is 19.1 Å². The summed E-state index contributed by atoms with van der Waals surface area (Å²) < 4.78 is 13.4. The minimum atomic E-state index is -0.398. The van der Waals surface area contributed by atoms with E-state index in [0.717, 1.165) is 0 Å². The van der Waals surface area contributed by atoms with Crippen LogP contribution in [0.1, 0.15) is 15.9 Å². The number of halogens is 1. The van der Waals surface area contributed by atoms with E-state index in [2.05, 4.69) is 0 Å². The summed E-state index contributed by atoms with van der Waals surface area (Å²) >= 11 is 0. The average molecular weight is 210 g/mol. The van der Waals surface area contributed by atoms with Gasteiger partial charge in [0.05, 0.1) is 11.3 Å². The van der Waals surface area contributed by atoms with Gasteiger partial charge in [0.2, 0.25) is 0 Å². The number of likely N-dealkylation sites (N-methyl/N-ethyl adjacent to an activating group) is 1. The van der Waals surface area contributed by atoms with Gasteiger partial charge in [0.15, 0.2) is 0 Å². The van der Waals surface area contributed by atoms with Crippen molar-refractivity contribution in [2.45, 2.75) is 6.42 Å². The zero-order valence-electron chi connectivity index (χ0n) is 8.25. The third-order valence-electron chi connectivity index (χ3n) is 2.63. The van der Waals surface area contributed by atoms with Crippen LogP contribution in [-0.4, -0.2) is 29.6 Å². The largest absolute Gasteiger partial charge is 0.341 e. The van der Waals surface area contributed by atoms with Crippen molar-refractivity contribution in [1.29, 1.82) is 0 Å². The Morgan fingerprint density at radius 3 is 2.93 bits per heavy atom. The summed E-state index contributed by atoms with van der Waals surface area (Å²) in [5.74, 6) is -0.669. The molecule has 2 rings (SSSR count). The van der Waals surface area contributed by atoms with E-state index in [4.69, 9.17) is 5.21 Å². The average Bonchev–Trinajstić information content (AvgIpc) is 2.24. The van der Waals surface area contributed by atoms with Crippen molar-refractivity contribution in [3.63, 3.8) is 0 Å². The Bertz CT molecular complexity index is 420. The summed E-state index contributed by atoms with van der Waals surface area (Å²) in [6.07, 6.45) is 0.471. The molecule has 80 valence electrons. The van der Waals surface area contributed by atoms with Gasteiger partial charge in [0, 0.05) is 19.2 Å². The van der Waals surface area contributed by atoms with Crippen molar-refractivity contribution in [3.8, 4) is 0 Å². The smallest absolute Gasteiger partial charge is 0.256 e. The number of nitrogens with zero attached hydrogens (tertiary/aromatic N) is 1. The number of benzene rings is 1. The van der Waals surface area contributed by atoms with Crippen molar-refractivity contribution in [2.24, 2.45) is 0 Å². The summed E-state index contributed by atoms with van der Waals surface area (Å²) in [6.45, 7) is 0.498. The lowest BCUT2D eigenvalue weighted by atomic mass is 9.97. The first-order valence-electron chi connectivity index (χ1n) is 4.62. The van der Waals surface area contributed by atoms with Crippen LogP contribution in [0.5, 0.6) is 0 Å². The molecule has 5 heteroatoms. The molecule has 0 saturated carbocycles. The highest BCUT2D eigenvalue weighted by molar-refractivity contribution is 6.01. The Morgan fingerprint density at radius 1 is 1.53 bits per heavy atom. The van der Waals surface area contributed by atoms with Crippen LogP contribution in [0.4, 0.5) is 10.1 Å². The van der Waals surface area contributed by atoms with Crippen LogP contribution in [0, 0.1) is 5.82 Å². The van der Waals surface area contributed by atoms with Crippen molar-refractivity contribution in [1.82, 2.24) is 4.90 Å². The number of amides is 1. The van der Waals surface area contributed by atoms with Gasteiger partial charge in [-0.1, -0.05) is 0 Å². The molecule has 4 nitrogen and oxygen atoms in total. The van der Waals surface area contributed by atoms with Crippen LogP contribution in [0.2, 0.25) is 0 Å². The maximum absolute atomic E-state index is 13.4. The summed E-state index contributed by atoms with van der Waals surface area (Å²) in [7, 11) is 1.65. The van der Waals surface area contributed by atoms with Gasteiger partial charge in [-0.2, -0.15) is 0 Å². The summed E-state index contributed by atoms with van der Waals surface area (Å²) in [4.78, 5) is 13.3. The minimum Gasteiger partial charge on any atom is -0.341 e. The molecule has 0 aliphatic carbocycles. The minimum absolute atomic E-state index is 0.228. The van der Waals surface area contributed by atoms with Crippen LogP contribution in [0.25, 0.3) is 0 Å². The predicted molar refractivity (Wildman–Crippen MR) is 52.5 cm³/mol. The Kier molecular flexibility index (Phi) is 2.32. The molecule has 1 aromatic carbocycles. The van der Waals surface area contributed by atoms with Gasteiger partial charge >= 0.3 is 0 Å². The molecule has 0 fully saturated rings. The second kappa shape index (κ2) is 3.51. The van der Waals surface area contributed by atoms with Crippen LogP contribution >= 0.6 is 0 Å². The standard InChI is InChI=1S/C10H11FN2O2/c1-13-5-4-6-7(11)2-3-8(12-15)9(6)10(13)14/h2-3,12,15H,4-5H2,1H3. The predicted octanol–water partition coefficient (Wildman–Crippen LogP) is 1.25. The van der Waals surface area contributed by atoms with Crippen LogP contribution in [-0.2, 0) is 6.42 Å². The zero-order valence-corrected chi connectivity index (χ0v) is 8.25. The number of fused-ring (bicyclic) bond motifs is 1. The highest BCUT2D eigenvalue weighted by atomic mass is 19.1. The number of carbonyl (C=O) groups is 1. The maximum Gasteiger partial charge on any atom is 0.256 e. The molecule has 1 aliphatic rings. The Labute approximate surface area is 86.3 Å². The van der Waals surface area contributed by atoms with E-state index in [1.165, 1.54) is 17.0 Å². The van der Waals surface area contributed by atoms with E-state index < -0.39 is 5.82 Å². The SMILES string of the molecule is CN1CCc2c(F)ccc(NO)c2C1=O. The number of carbonyl (C=O) groups excluding carboxylic acids is 1. The number of anilines is 1. The third kappa shape index (κ3) is 1.45. The molecule has 0 atom stereocenters. The van der Waals surface area contributed by atoms with E-state index >= 15 is 0 Å². The second-order valence-corrected chi connectivity index (χ2v) is 3.54. The van der Waals surface area contributed by atoms with Crippen molar-refractivity contribution in [3.05, 3.63) is 29.1 Å². The quantitative estimate of drug-likeness (QED) is 0.686. The topological polar surface area (TPSA) is 52.6 Å². The first kappa shape index (κ1) is 9.92. The van der Waals surface area contributed by atoms with E-state index in [9.17, 15) is 9.18 Å². The van der Waals surface area contributed by atoms with Crippen LogP contribution in [0.3, 0.4) is 0 Å². The number of hydrogen-bond acceptors (Lipinski definition) is 3. The monoisotopic (exact) mass is 210 g/mol. The summed E-state index contributed by atoms with van der Waals surface area (Å²) in [6, 6.07) is 2.60. The Morgan fingerprint density at radius 2 is 2.27 bits per heavy atom. The molecule has 0 spiro atoms. The summed E-state index contributed by atoms with van der Waals surface area (Å²) in [5, 5.41) is 8.85. The van der Waals surface area contributed by atoms with E-state index in [-0.39, 0.29) is 17.2 Å². The van der Waals surface area contributed by atoms with Crippen LogP contribution < -0.4 is 5.48 Å². The molecular weight excluding hydrogens is 199 g/mol. The Balaban J connectivity index is 2.63. The van der Waals surface area contributed by atoms with Crippen LogP contribution in [0.15, 0.2) is 12.1 Å². The maximum atomic E-state index is 13.4. The second-order valence-electron chi connectivity index (χ2n) is 3.54. The lowest BCUT2D eigenvalue weighted by Crippen LogP contribution is -2.35. The fraction of sp³-hybridized carbons (Fsp3) is 0.300. The van der Waals surface area contributed by atoms with Gasteiger partial charge < -0.3 is 4.90 Å². The fourth-order valence-corrected chi connectivity index (χ4v) is 1.78. The van der Waals surface area contributed by atoms with Gasteiger partial charge in [-0.05, 0) is 18.6 Å². The normalized spacial score (nSPS) is 15.1. The summed E-state index contributed by atoms with van der Waals surface area (Å²) in [5.41, 5.74) is 2.77. The molecule has 0 radical (unpaired) electrons. The molecule has 0 saturated heterocycles. The highest BCUT2D eigenvalue weighted by Crippen LogP contribution is 2.27.